The molecule has 1 atom stereocenters. The van der Waals surface area contributed by atoms with Crippen LogP contribution in [-0.2, 0) is 9.53 Å². The van der Waals surface area contributed by atoms with Crippen molar-refractivity contribution >= 4 is 12.0 Å². The van der Waals surface area contributed by atoms with Gasteiger partial charge in [-0.15, -0.1) is 0 Å². The van der Waals surface area contributed by atoms with Gasteiger partial charge in [0.25, 0.3) is 0 Å². The number of rotatable bonds is 7. The largest absolute Gasteiger partial charge is 0.490 e. The Morgan fingerprint density at radius 3 is 2.43 bits per heavy atom. The molecule has 1 aliphatic heterocycles. The van der Waals surface area contributed by atoms with Gasteiger partial charge in [-0.2, -0.15) is 8.78 Å². The van der Waals surface area contributed by atoms with Crippen molar-refractivity contribution in [3.63, 3.8) is 0 Å². The first-order valence-electron chi connectivity index (χ1n) is 8.82. The fraction of sp³-hybridized carbons (Fsp3) is 0.474. The summed E-state index contributed by atoms with van der Waals surface area (Å²) in [5.74, 6) is -0.580. The van der Waals surface area contributed by atoms with Crippen LogP contribution >= 0.6 is 0 Å². The SMILES string of the molecule is CCOC(=O)C1=C(C)N(C)C(=O)N(C)[C@@H]1c1ccc(OC(F)F)c(OCC)c1. The van der Waals surface area contributed by atoms with Crippen molar-refractivity contribution in [3.05, 3.63) is 35.0 Å². The second kappa shape index (κ2) is 8.90. The highest BCUT2D eigenvalue weighted by Crippen LogP contribution is 2.40. The molecule has 0 unspecified atom stereocenters. The minimum absolute atomic E-state index is 0.0981. The van der Waals surface area contributed by atoms with E-state index in [1.54, 1.807) is 34.9 Å². The van der Waals surface area contributed by atoms with Crippen molar-refractivity contribution in [2.24, 2.45) is 0 Å². The summed E-state index contributed by atoms with van der Waals surface area (Å²) < 4.78 is 40.4. The van der Waals surface area contributed by atoms with Gasteiger partial charge >= 0.3 is 18.6 Å². The Bertz CT molecular complexity index is 782. The summed E-state index contributed by atoms with van der Waals surface area (Å²) in [7, 11) is 3.12. The number of esters is 1. The average Bonchev–Trinajstić information content (AvgIpc) is 2.64. The van der Waals surface area contributed by atoms with Crippen molar-refractivity contribution in [1.29, 1.82) is 0 Å². The van der Waals surface area contributed by atoms with Crippen molar-refractivity contribution in [2.75, 3.05) is 27.3 Å². The molecule has 2 rings (SSSR count). The van der Waals surface area contributed by atoms with E-state index in [2.05, 4.69) is 4.74 Å². The van der Waals surface area contributed by atoms with Gasteiger partial charge in [-0.3, -0.25) is 0 Å². The van der Waals surface area contributed by atoms with Crippen LogP contribution in [0.25, 0.3) is 0 Å². The molecule has 2 amide bonds. The van der Waals surface area contributed by atoms with Crippen LogP contribution in [0.2, 0.25) is 0 Å². The first-order chi connectivity index (χ1) is 13.2. The number of nitrogens with zero attached hydrogens (tertiary/aromatic N) is 2. The van der Waals surface area contributed by atoms with Crippen LogP contribution < -0.4 is 9.47 Å². The van der Waals surface area contributed by atoms with E-state index >= 15 is 0 Å². The third-order valence-electron chi connectivity index (χ3n) is 4.44. The van der Waals surface area contributed by atoms with E-state index in [-0.39, 0.29) is 36.3 Å². The third kappa shape index (κ3) is 4.18. The molecule has 0 saturated heterocycles. The number of ether oxygens (including phenoxy) is 3. The minimum atomic E-state index is -3.00. The van der Waals surface area contributed by atoms with Crippen LogP contribution in [0.15, 0.2) is 29.5 Å². The van der Waals surface area contributed by atoms with Gasteiger partial charge in [0, 0.05) is 19.8 Å². The molecule has 1 aliphatic rings. The molecule has 0 bridgehead atoms. The van der Waals surface area contributed by atoms with Crippen molar-refractivity contribution < 1.29 is 32.6 Å². The molecular weight excluding hydrogens is 374 g/mol. The molecule has 28 heavy (non-hydrogen) atoms. The Labute approximate surface area is 162 Å². The number of carbonyl (C=O) groups is 2. The number of alkyl halides is 2. The highest BCUT2D eigenvalue weighted by molar-refractivity contribution is 5.95. The van der Waals surface area contributed by atoms with E-state index in [9.17, 15) is 18.4 Å². The van der Waals surface area contributed by atoms with Crippen LogP contribution in [0.1, 0.15) is 32.4 Å². The normalized spacial score (nSPS) is 17.3. The highest BCUT2D eigenvalue weighted by Gasteiger charge is 2.39. The fourth-order valence-corrected chi connectivity index (χ4v) is 3.08. The fourth-order valence-electron chi connectivity index (χ4n) is 3.08. The maximum atomic E-state index is 12.7. The maximum absolute atomic E-state index is 12.7. The van der Waals surface area contributed by atoms with Gasteiger partial charge in [-0.25, -0.2) is 9.59 Å². The zero-order chi connectivity index (χ0) is 21.0. The number of hydrogen-bond donors (Lipinski definition) is 0. The lowest BCUT2D eigenvalue weighted by Crippen LogP contribution is -2.47. The summed E-state index contributed by atoms with van der Waals surface area (Å²) in [5, 5.41) is 0. The average molecular weight is 398 g/mol. The van der Waals surface area contributed by atoms with Crippen LogP contribution in [0.3, 0.4) is 0 Å². The van der Waals surface area contributed by atoms with Gasteiger partial charge in [0.05, 0.1) is 24.8 Å². The number of carbonyl (C=O) groups excluding carboxylic acids is 2. The first kappa shape index (κ1) is 21.5. The summed E-state index contributed by atoms with van der Waals surface area (Å²) in [6.07, 6.45) is 0. The number of benzene rings is 1. The number of likely N-dealkylation sites (N-methyl/N-ethyl adjacent to an activating group) is 1. The summed E-state index contributed by atoms with van der Waals surface area (Å²) in [6.45, 7) is 2.45. The molecule has 0 aromatic heterocycles. The van der Waals surface area contributed by atoms with Crippen molar-refractivity contribution in [3.8, 4) is 11.5 Å². The predicted molar refractivity (Wildman–Crippen MR) is 97.2 cm³/mol. The summed E-state index contributed by atoms with van der Waals surface area (Å²) in [4.78, 5) is 27.9. The Morgan fingerprint density at radius 1 is 1.18 bits per heavy atom. The number of hydrogen-bond acceptors (Lipinski definition) is 5. The molecule has 0 aliphatic carbocycles. The minimum Gasteiger partial charge on any atom is -0.490 e. The lowest BCUT2D eigenvalue weighted by molar-refractivity contribution is -0.139. The van der Waals surface area contributed by atoms with Crippen LogP contribution in [0.4, 0.5) is 13.6 Å². The molecule has 154 valence electrons. The van der Waals surface area contributed by atoms with Gasteiger partial charge in [0.1, 0.15) is 0 Å². The molecule has 1 aromatic carbocycles. The van der Waals surface area contributed by atoms with Gasteiger partial charge in [-0.1, -0.05) is 6.07 Å². The van der Waals surface area contributed by atoms with E-state index in [1.165, 1.54) is 28.0 Å². The third-order valence-corrected chi connectivity index (χ3v) is 4.44. The molecule has 0 fully saturated rings. The number of urea groups is 1. The molecule has 0 spiro atoms. The molecule has 0 N–H and O–H groups in total. The molecule has 1 aromatic rings. The summed E-state index contributed by atoms with van der Waals surface area (Å²) in [6, 6.07) is 3.27. The van der Waals surface area contributed by atoms with Crippen LogP contribution in [0.5, 0.6) is 11.5 Å². The highest BCUT2D eigenvalue weighted by atomic mass is 19.3. The second-order valence-electron chi connectivity index (χ2n) is 6.09. The lowest BCUT2D eigenvalue weighted by Gasteiger charge is -2.39. The van der Waals surface area contributed by atoms with Crippen LogP contribution in [-0.4, -0.2) is 55.7 Å². The van der Waals surface area contributed by atoms with E-state index < -0.39 is 18.6 Å². The Morgan fingerprint density at radius 2 is 1.86 bits per heavy atom. The van der Waals surface area contributed by atoms with Gasteiger partial charge < -0.3 is 24.0 Å². The summed E-state index contributed by atoms with van der Waals surface area (Å²) in [5.41, 5.74) is 1.25. The number of allylic oxidation sites excluding steroid dienone is 1. The Kier molecular flexibility index (Phi) is 6.82. The van der Waals surface area contributed by atoms with E-state index in [4.69, 9.17) is 9.47 Å². The monoisotopic (exact) mass is 398 g/mol. The van der Waals surface area contributed by atoms with Crippen LogP contribution in [0, 0.1) is 0 Å². The predicted octanol–water partition coefficient (Wildman–Crippen LogP) is 3.56. The summed E-state index contributed by atoms with van der Waals surface area (Å²) >= 11 is 0. The molecule has 7 nitrogen and oxygen atoms in total. The quantitative estimate of drug-likeness (QED) is 0.657. The molecule has 9 heteroatoms. The topological polar surface area (TPSA) is 68.3 Å². The second-order valence-corrected chi connectivity index (χ2v) is 6.09. The lowest BCUT2D eigenvalue weighted by atomic mass is 9.93. The zero-order valence-corrected chi connectivity index (χ0v) is 16.5. The number of amides is 2. The van der Waals surface area contributed by atoms with Gasteiger partial charge in [-0.05, 0) is 38.5 Å². The molecule has 1 heterocycles. The molecular formula is C19H24F2N2O5. The van der Waals surface area contributed by atoms with E-state index in [0.717, 1.165) is 0 Å². The molecule has 0 radical (unpaired) electrons. The first-order valence-corrected chi connectivity index (χ1v) is 8.82. The van der Waals surface area contributed by atoms with Crippen molar-refractivity contribution in [1.82, 2.24) is 9.80 Å². The Hall–Kier alpha value is -2.84. The van der Waals surface area contributed by atoms with E-state index in [0.29, 0.717) is 11.3 Å². The zero-order valence-electron chi connectivity index (χ0n) is 16.5. The van der Waals surface area contributed by atoms with Gasteiger partial charge in [0.15, 0.2) is 11.5 Å². The standard InChI is InChI=1S/C19H24F2N2O5/c1-6-26-14-10-12(8-9-13(14)28-18(20)21)16-15(17(24)27-7-2)11(3)22(4)19(25)23(16)5/h8-10,16,18H,6-7H2,1-5H3/t16-/m1/s1. The number of halogens is 2. The van der Waals surface area contributed by atoms with Gasteiger partial charge in [0.2, 0.25) is 0 Å². The molecule has 0 saturated carbocycles. The van der Waals surface area contributed by atoms with Crippen molar-refractivity contribution in [2.45, 2.75) is 33.4 Å². The maximum Gasteiger partial charge on any atom is 0.387 e. The van der Waals surface area contributed by atoms with E-state index in [1.807, 2.05) is 0 Å². The smallest absolute Gasteiger partial charge is 0.387 e. The Balaban J connectivity index is 2.59.